The van der Waals surface area contributed by atoms with Crippen molar-refractivity contribution >= 4 is 11.2 Å². The van der Waals surface area contributed by atoms with Crippen LogP contribution in [0.25, 0.3) is 22.6 Å². The van der Waals surface area contributed by atoms with Crippen molar-refractivity contribution in [3.63, 3.8) is 0 Å². The van der Waals surface area contributed by atoms with E-state index in [2.05, 4.69) is 6.92 Å². The molecule has 0 amide bonds. The molecule has 1 aliphatic rings. The van der Waals surface area contributed by atoms with E-state index in [9.17, 15) is 14.7 Å². The molecule has 1 aliphatic carbocycles. The highest BCUT2D eigenvalue weighted by atomic mass is 16.5. The molecule has 1 unspecified atom stereocenters. The standard InChI is InChI=1S/C30H37N5O4/c1-5-20(3)35-28-26(29(37)33(30(35)38)14-9-15-36)34(18-22-10-7-6-8-11-22)27(32-28)24-12-13-25(31-21(24)4)39-23-16-19(2)17-23/h6-8,10-13,19-20,23,36H,5,9,14-18H2,1-4H3. The number of aryl methyl sites for hydroxylation is 1. The van der Waals surface area contributed by atoms with E-state index in [0.717, 1.165) is 29.7 Å². The Hall–Kier alpha value is -3.72. The molecule has 3 aromatic heterocycles. The minimum atomic E-state index is -0.403. The van der Waals surface area contributed by atoms with Crippen LogP contribution in [0, 0.1) is 12.8 Å². The lowest BCUT2D eigenvalue weighted by Gasteiger charge is -2.32. The van der Waals surface area contributed by atoms with Gasteiger partial charge in [0.15, 0.2) is 11.2 Å². The van der Waals surface area contributed by atoms with Gasteiger partial charge in [0.05, 0.1) is 5.69 Å². The zero-order valence-corrected chi connectivity index (χ0v) is 23.1. The maximum Gasteiger partial charge on any atom is 0.332 e. The van der Waals surface area contributed by atoms with Gasteiger partial charge < -0.3 is 14.4 Å². The van der Waals surface area contributed by atoms with Crippen molar-refractivity contribution in [3.05, 3.63) is 74.6 Å². The third-order valence-electron chi connectivity index (χ3n) is 7.74. The second-order valence-corrected chi connectivity index (χ2v) is 10.7. The monoisotopic (exact) mass is 531 g/mol. The predicted octanol–water partition coefficient (Wildman–Crippen LogP) is 4.31. The topological polar surface area (TPSA) is 104 Å². The molecule has 0 spiro atoms. The fourth-order valence-electron chi connectivity index (χ4n) is 5.32. The number of ether oxygens (including phenoxy) is 1. The Morgan fingerprint density at radius 2 is 1.82 bits per heavy atom. The second-order valence-electron chi connectivity index (χ2n) is 10.7. The third kappa shape index (κ3) is 5.15. The van der Waals surface area contributed by atoms with Gasteiger partial charge in [-0.05, 0) is 57.1 Å². The number of fused-ring (bicyclic) bond motifs is 1. The van der Waals surface area contributed by atoms with Gasteiger partial charge in [-0.2, -0.15) is 0 Å². The number of aliphatic hydroxyl groups excluding tert-OH is 1. The Morgan fingerprint density at radius 3 is 2.46 bits per heavy atom. The highest BCUT2D eigenvalue weighted by Gasteiger charge is 2.28. The van der Waals surface area contributed by atoms with Gasteiger partial charge >= 0.3 is 5.69 Å². The Bertz CT molecular complexity index is 1580. The van der Waals surface area contributed by atoms with E-state index in [0.29, 0.717) is 48.2 Å². The van der Waals surface area contributed by atoms with E-state index < -0.39 is 11.2 Å². The molecule has 1 atom stereocenters. The minimum Gasteiger partial charge on any atom is -0.474 e. The lowest BCUT2D eigenvalue weighted by Crippen LogP contribution is -2.41. The molecule has 3 heterocycles. The van der Waals surface area contributed by atoms with Gasteiger partial charge in [-0.15, -0.1) is 0 Å². The van der Waals surface area contributed by atoms with E-state index >= 15 is 0 Å². The van der Waals surface area contributed by atoms with Crippen molar-refractivity contribution in [3.8, 4) is 17.3 Å². The number of hydrogen-bond donors (Lipinski definition) is 1. The van der Waals surface area contributed by atoms with Crippen LogP contribution in [0.2, 0.25) is 0 Å². The van der Waals surface area contributed by atoms with Gasteiger partial charge in [-0.3, -0.25) is 13.9 Å². The van der Waals surface area contributed by atoms with Crippen molar-refractivity contribution in [2.24, 2.45) is 5.92 Å². The summed E-state index contributed by atoms with van der Waals surface area (Å²) in [6, 6.07) is 13.5. The van der Waals surface area contributed by atoms with Crippen LogP contribution in [0.1, 0.15) is 63.8 Å². The first-order valence-corrected chi connectivity index (χ1v) is 13.9. The molecule has 9 nitrogen and oxygen atoms in total. The lowest BCUT2D eigenvalue weighted by molar-refractivity contribution is 0.0694. The quantitative estimate of drug-likeness (QED) is 0.327. The van der Waals surface area contributed by atoms with E-state index in [-0.39, 0.29) is 25.3 Å². The van der Waals surface area contributed by atoms with Crippen molar-refractivity contribution in [2.45, 2.75) is 78.6 Å². The SMILES string of the molecule is CCC(C)n1c(=O)n(CCCO)c(=O)c2c1nc(-c1ccc(OC3CC(C)C3)nc1C)n2Cc1ccccc1. The summed E-state index contributed by atoms with van der Waals surface area (Å²) < 4.78 is 10.8. The van der Waals surface area contributed by atoms with E-state index in [1.165, 1.54) is 4.57 Å². The van der Waals surface area contributed by atoms with Crippen LogP contribution in [0.4, 0.5) is 0 Å². The minimum absolute atomic E-state index is 0.110. The molecule has 1 aromatic carbocycles. The summed E-state index contributed by atoms with van der Waals surface area (Å²) >= 11 is 0. The van der Waals surface area contributed by atoms with Gasteiger partial charge in [0, 0.05) is 37.4 Å². The van der Waals surface area contributed by atoms with Crippen LogP contribution >= 0.6 is 0 Å². The summed E-state index contributed by atoms with van der Waals surface area (Å²) in [5.41, 5.74) is 2.46. The number of rotatable bonds is 10. The lowest BCUT2D eigenvalue weighted by atomic mass is 9.84. The molecule has 0 radical (unpaired) electrons. The first kappa shape index (κ1) is 26.9. The van der Waals surface area contributed by atoms with Crippen LogP contribution < -0.4 is 16.0 Å². The summed E-state index contributed by atoms with van der Waals surface area (Å²) in [7, 11) is 0. The van der Waals surface area contributed by atoms with Crippen molar-refractivity contribution in [1.82, 2.24) is 23.7 Å². The van der Waals surface area contributed by atoms with E-state index in [1.807, 2.05) is 67.8 Å². The van der Waals surface area contributed by atoms with Crippen molar-refractivity contribution in [2.75, 3.05) is 6.61 Å². The predicted molar refractivity (Wildman–Crippen MR) is 151 cm³/mol. The van der Waals surface area contributed by atoms with Gasteiger partial charge in [0.25, 0.3) is 5.56 Å². The molecule has 0 saturated heterocycles. The van der Waals surface area contributed by atoms with Gasteiger partial charge in [0.2, 0.25) is 5.88 Å². The molecule has 5 rings (SSSR count). The molecular formula is C30H37N5O4. The molecule has 1 saturated carbocycles. The number of imidazole rings is 1. The average molecular weight is 532 g/mol. The first-order valence-electron chi connectivity index (χ1n) is 13.9. The largest absolute Gasteiger partial charge is 0.474 e. The normalized spacial score (nSPS) is 17.8. The zero-order chi connectivity index (χ0) is 27.7. The van der Waals surface area contributed by atoms with Gasteiger partial charge in [-0.1, -0.05) is 44.2 Å². The Labute approximate surface area is 227 Å². The fraction of sp³-hybridized carbons (Fsp3) is 0.467. The van der Waals surface area contributed by atoms with E-state index in [1.54, 1.807) is 4.57 Å². The fourth-order valence-corrected chi connectivity index (χ4v) is 5.32. The number of benzene rings is 1. The number of pyridine rings is 1. The average Bonchev–Trinajstić information content (AvgIpc) is 3.26. The van der Waals surface area contributed by atoms with Crippen LogP contribution in [-0.4, -0.2) is 41.5 Å². The Morgan fingerprint density at radius 1 is 1.08 bits per heavy atom. The van der Waals surface area contributed by atoms with Crippen LogP contribution in [0.15, 0.2) is 52.1 Å². The molecule has 9 heteroatoms. The van der Waals surface area contributed by atoms with Crippen molar-refractivity contribution in [1.29, 1.82) is 0 Å². The molecule has 4 aromatic rings. The highest BCUT2D eigenvalue weighted by Crippen LogP contribution is 2.32. The maximum absolute atomic E-state index is 13.9. The summed E-state index contributed by atoms with van der Waals surface area (Å²) in [4.78, 5) is 37.1. The number of hydrogen-bond acceptors (Lipinski definition) is 6. The molecule has 39 heavy (non-hydrogen) atoms. The Balaban J connectivity index is 1.73. The van der Waals surface area contributed by atoms with Crippen LogP contribution in [0.3, 0.4) is 0 Å². The zero-order valence-electron chi connectivity index (χ0n) is 23.1. The number of aliphatic hydroxyl groups is 1. The first-order chi connectivity index (χ1) is 18.8. The summed E-state index contributed by atoms with van der Waals surface area (Å²) in [5.74, 6) is 1.84. The van der Waals surface area contributed by atoms with E-state index in [4.69, 9.17) is 14.7 Å². The van der Waals surface area contributed by atoms with Crippen LogP contribution in [-0.2, 0) is 13.1 Å². The van der Waals surface area contributed by atoms with Crippen molar-refractivity contribution < 1.29 is 9.84 Å². The van der Waals surface area contributed by atoms with Gasteiger partial charge in [0.1, 0.15) is 11.9 Å². The highest BCUT2D eigenvalue weighted by molar-refractivity contribution is 5.78. The summed E-state index contributed by atoms with van der Waals surface area (Å²) in [5, 5.41) is 9.43. The molecule has 0 aliphatic heterocycles. The van der Waals surface area contributed by atoms with Gasteiger partial charge in [-0.25, -0.2) is 14.8 Å². The smallest absolute Gasteiger partial charge is 0.332 e. The Kier molecular flexibility index (Phi) is 7.70. The second kappa shape index (κ2) is 11.2. The molecular weight excluding hydrogens is 494 g/mol. The number of nitrogens with zero attached hydrogens (tertiary/aromatic N) is 5. The summed E-state index contributed by atoms with van der Waals surface area (Å²) in [6.45, 7) is 8.52. The molecule has 0 bridgehead atoms. The molecule has 206 valence electrons. The summed E-state index contributed by atoms with van der Waals surface area (Å²) in [6.07, 6.45) is 3.27. The third-order valence-corrected chi connectivity index (χ3v) is 7.74. The molecule has 1 N–H and O–H groups in total. The maximum atomic E-state index is 13.9. The number of aromatic nitrogens is 5. The van der Waals surface area contributed by atoms with Crippen LogP contribution in [0.5, 0.6) is 5.88 Å². The molecule has 1 fully saturated rings.